The van der Waals surface area contributed by atoms with E-state index in [4.69, 9.17) is 14.8 Å². The Labute approximate surface area is 195 Å². The maximum atomic E-state index is 11.1. The van der Waals surface area contributed by atoms with Crippen LogP contribution < -0.4 is 10.6 Å². The summed E-state index contributed by atoms with van der Waals surface area (Å²) in [6.45, 7) is 2.34. The third-order valence-corrected chi connectivity index (χ3v) is 9.18. The zero-order chi connectivity index (χ0) is 22.0. The minimum atomic E-state index is -0.913. The summed E-state index contributed by atoms with van der Waals surface area (Å²) in [6.07, 6.45) is 11.1. The van der Waals surface area contributed by atoms with Crippen molar-refractivity contribution in [1.82, 2.24) is 5.32 Å². The first-order valence-corrected chi connectivity index (χ1v) is 13.2. The van der Waals surface area contributed by atoms with Crippen LogP contribution in [0.15, 0.2) is 29.3 Å². The molecule has 1 atom stereocenters. The molecule has 0 spiro atoms. The molecular formula is C25H35N3O3S. The van der Waals surface area contributed by atoms with Crippen LogP contribution in [0.4, 0.5) is 5.69 Å². The Balaban J connectivity index is 1.16. The number of nitrogens with zero attached hydrogens (tertiary/aromatic N) is 1. The van der Waals surface area contributed by atoms with Crippen LogP contribution in [0, 0.1) is 17.8 Å². The summed E-state index contributed by atoms with van der Waals surface area (Å²) in [5.41, 5.74) is 1.12. The van der Waals surface area contributed by atoms with Crippen LogP contribution in [0.1, 0.15) is 61.7 Å². The lowest BCUT2D eigenvalue weighted by Crippen LogP contribution is -2.49. The van der Waals surface area contributed by atoms with E-state index in [0.29, 0.717) is 11.3 Å². The van der Waals surface area contributed by atoms with Crippen LogP contribution in [0.5, 0.6) is 0 Å². The Kier molecular flexibility index (Phi) is 6.65. The first-order chi connectivity index (χ1) is 15.6. The highest BCUT2D eigenvalue weighted by molar-refractivity contribution is 8.00. The molecule has 3 N–H and O–H groups in total. The Morgan fingerprint density at radius 2 is 1.81 bits per heavy atom. The van der Waals surface area contributed by atoms with Gasteiger partial charge in [0.05, 0.1) is 18.2 Å². The summed E-state index contributed by atoms with van der Waals surface area (Å²) < 4.78 is 6.26. The molecule has 1 aromatic rings. The molecule has 4 bridgehead atoms. The van der Waals surface area contributed by atoms with E-state index in [1.54, 1.807) is 24.3 Å². The first kappa shape index (κ1) is 22.1. The second kappa shape index (κ2) is 9.64. The van der Waals surface area contributed by atoms with Gasteiger partial charge in [-0.15, -0.1) is 0 Å². The van der Waals surface area contributed by atoms with Crippen LogP contribution >= 0.6 is 11.8 Å². The zero-order valence-electron chi connectivity index (χ0n) is 18.7. The minimum absolute atomic E-state index is 0.199. The number of hydrogen-bond donors (Lipinski definition) is 3. The number of rotatable bonds is 8. The van der Waals surface area contributed by atoms with Crippen LogP contribution in [-0.2, 0) is 4.74 Å². The Morgan fingerprint density at radius 3 is 2.41 bits per heavy atom. The Bertz CT molecular complexity index is 800. The number of carboxylic acid groups (broad SMARTS) is 1. The van der Waals surface area contributed by atoms with Crippen molar-refractivity contribution in [3.8, 4) is 0 Å². The monoisotopic (exact) mass is 457 g/mol. The lowest BCUT2D eigenvalue weighted by atomic mass is 9.56. The van der Waals surface area contributed by atoms with Gasteiger partial charge in [-0.3, -0.25) is 4.99 Å². The molecule has 6 rings (SSSR count). The van der Waals surface area contributed by atoms with E-state index in [1.165, 1.54) is 38.5 Å². The molecule has 0 amide bonds. The summed E-state index contributed by atoms with van der Waals surface area (Å²) in [5.74, 6) is 3.88. The summed E-state index contributed by atoms with van der Waals surface area (Å²) in [5, 5.41) is 16.0. The number of thioether (sulfide) groups is 1. The number of guanidine groups is 1. The number of carboxylic acids is 1. The van der Waals surface area contributed by atoms with E-state index >= 15 is 0 Å². The van der Waals surface area contributed by atoms with Crippen molar-refractivity contribution in [3.63, 3.8) is 0 Å². The van der Waals surface area contributed by atoms with Gasteiger partial charge in [-0.2, -0.15) is 11.8 Å². The van der Waals surface area contributed by atoms with Gasteiger partial charge < -0.3 is 20.5 Å². The number of anilines is 1. The average Bonchev–Trinajstić information content (AvgIpc) is 3.28. The quantitative estimate of drug-likeness (QED) is 0.300. The molecule has 0 unspecified atom stereocenters. The van der Waals surface area contributed by atoms with E-state index in [9.17, 15) is 4.79 Å². The number of carbonyl (C=O) groups is 1. The van der Waals surface area contributed by atoms with Crippen molar-refractivity contribution < 1.29 is 14.6 Å². The highest BCUT2D eigenvalue weighted by Crippen LogP contribution is 2.60. The number of hydrogen-bond acceptors (Lipinski definition) is 4. The van der Waals surface area contributed by atoms with Crippen LogP contribution in [0.3, 0.4) is 0 Å². The fourth-order valence-corrected chi connectivity index (χ4v) is 8.30. The van der Waals surface area contributed by atoms with Crippen molar-refractivity contribution in [2.24, 2.45) is 22.7 Å². The second-order valence-electron chi connectivity index (χ2n) is 10.2. The molecule has 32 heavy (non-hydrogen) atoms. The van der Waals surface area contributed by atoms with Gasteiger partial charge in [-0.25, -0.2) is 4.79 Å². The third-order valence-electron chi connectivity index (χ3n) is 7.66. The fourth-order valence-electron chi connectivity index (χ4n) is 6.60. The van der Waals surface area contributed by atoms with Gasteiger partial charge in [0.1, 0.15) is 0 Å². The van der Waals surface area contributed by atoms with E-state index in [1.807, 2.05) is 0 Å². The zero-order valence-corrected chi connectivity index (χ0v) is 19.5. The van der Waals surface area contributed by atoms with E-state index in [2.05, 4.69) is 22.4 Å². The number of benzene rings is 1. The van der Waals surface area contributed by atoms with Gasteiger partial charge in [0.25, 0.3) is 0 Å². The molecule has 1 aliphatic heterocycles. The van der Waals surface area contributed by atoms with Crippen LogP contribution in [0.2, 0.25) is 0 Å². The normalized spacial score (nSPS) is 33.4. The molecule has 4 aliphatic carbocycles. The predicted octanol–water partition coefficient (Wildman–Crippen LogP) is 4.62. The van der Waals surface area contributed by atoms with Crippen LogP contribution in [-0.4, -0.2) is 53.3 Å². The molecule has 5 aliphatic rings. The maximum absolute atomic E-state index is 11.1. The first-order valence-electron chi connectivity index (χ1n) is 12.2. The minimum Gasteiger partial charge on any atom is -0.478 e. The third kappa shape index (κ3) is 5.25. The molecule has 4 saturated carbocycles. The molecular weight excluding hydrogens is 422 g/mol. The highest BCUT2D eigenvalue weighted by atomic mass is 32.2. The van der Waals surface area contributed by atoms with Crippen molar-refractivity contribution in [2.45, 2.75) is 62.2 Å². The average molecular weight is 458 g/mol. The van der Waals surface area contributed by atoms with Gasteiger partial charge in [-0.05, 0) is 93.4 Å². The number of aliphatic imine (C=N–C) groups is 1. The maximum Gasteiger partial charge on any atom is 0.335 e. The van der Waals surface area contributed by atoms with Gasteiger partial charge in [0.2, 0.25) is 0 Å². The summed E-state index contributed by atoms with van der Waals surface area (Å²) in [4.78, 5) is 15.9. The summed E-state index contributed by atoms with van der Waals surface area (Å²) >= 11 is 2.20. The SMILES string of the molecule is O=C(O)c1ccc(NC(=NC[C@H]2CCCO2)NCCSC23CC4CC(CC(C4)C2)C3)cc1. The number of aromatic carboxylic acids is 1. The largest absolute Gasteiger partial charge is 0.478 e. The van der Waals surface area contributed by atoms with E-state index in [0.717, 1.165) is 61.1 Å². The second-order valence-corrected chi connectivity index (χ2v) is 11.8. The topological polar surface area (TPSA) is 83.0 Å². The van der Waals surface area contributed by atoms with Gasteiger partial charge in [-0.1, -0.05) is 0 Å². The highest BCUT2D eigenvalue weighted by Gasteiger charge is 2.50. The molecule has 1 saturated heterocycles. The molecule has 0 aromatic heterocycles. The molecule has 1 heterocycles. The lowest BCUT2D eigenvalue weighted by Gasteiger charge is -2.56. The summed E-state index contributed by atoms with van der Waals surface area (Å²) in [7, 11) is 0. The fraction of sp³-hybridized carbons (Fsp3) is 0.680. The van der Waals surface area contributed by atoms with Gasteiger partial charge in [0, 0.05) is 29.3 Å². The van der Waals surface area contributed by atoms with Crippen LogP contribution in [0.25, 0.3) is 0 Å². The lowest BCUT2D eigenvalue weighted by molar-refractivity contribution is 0.0383. The number of nitrogens with one attached hydrogen (secondary N) is 2. The van der Waals surface area contributed by atoms with Crippen molar-refractivity contribution in [2.75, 3.05) is 30.8 Å². The molecule has 6 nitrogen and oxygen atoms in total. The molecule has 7 heteroatoms. The molecule has 5 fully saturated rings. The molecule has 1 aromatic carbocycles. The van der Waals surface area contributed by atoms with Gasteiger partial charge >= 0.3 is 5.97 Å². The molecule has 174 valence electrons. The molecule has 0 radical (unpaired) electrons. The van der Waals surface area contributed by atoms with E-state index < -0.39 is 5.97 Å². The van der Waals surface area contributed by atoms with Crippen molar-refractivity contribution in [3.05, 3.63) is 29.8 Å². The standard InChI is InChI=1S/C25H35N3O3S/c29-23(30)20-3-5-21(6-4-20)28-24(27-16-22-2-1-8-31-22)26-7-9-32-25-13-17-10-18(14-25)12-19(11-17)15-25/h3-6,17-19,22H,1-2,7-16H2,(H,29,30)(H2,26,27,28)/t17?,18?,19?,22-,25?/m1/s1. The summed E-state index contributed by atoms with van der Waals surface area (Å²) in [6, 6.07) is 6.81. The van der Waals surface area contributed by atoms with Gasteiger partial charge in [0.15, 0.2) is 5.96 Å². The predicted molar refractivity (Wildman–Crippen MR) is 130 cm³/mol. The van der Waals surface area contributed by atoms with Crippen molar-refractivity contribution in [1.29, 1.82) is 0 Å². The smallest absolute Gasteiger partial charge is 0.335 e. The van der Waals surface area contributed by atoms with E-state index in [-0.39, 0.29) is 11.7 Å². The number of ether oxygens (including phenoxy) is 1. The Hall–Kier alpha value is -1.73. The Morgan fingerprint density at radius 1 is 1.12 bits per heavy atom. The van der Waals surface area contributed by atoms with Crippen molar-refractivity contribution >= 4 is 29.4 Å².